The second kappa shape index (κ2) is 10.6. The van der Waals surface area contributed by atoms with Crippen LogP contribution in [0.3, 0.4) is 0 Å². The van der Waals surface area contributed by atoms with Gasteiger partial charge in [0.1, 0.15) is 5.75 Å². The average molecular weight is 410 g/mol. The molecule has 8 heteroatoms. The van der Waals surface area contributed by atoms with E-state index in [0.717, 1.165) is 51.6 Å². The SMILES string of the molecule is CCNC(=NCC1CCN(CC)C1)NC1CCN(c2ccccc2OC(F)F)C1. The van der Waals surface area contributed by atoms with Gasteiger partial charge in [-0.25, -0.2) is 0 Å². The van der Waals surface area contributed by atoms with E-state index in [1.54, 1.807) is 12.1 Å². The van der Waals surface area contributed by atoms with Crippen LogP contribution >= 0.6 is 0 Å². The van der Waals surface area contributed by atoms with E-state index in [1.165, 1.54) is 13.0 Å². The first-order valence-corrected chi connectivity index (χ1v) is 10.6. The minimum Gasteiger partial charge on any atom is -0.433 e. The molecule has 2 aliphatic heterocycles. The number of hydrogen-bond donors (Lipinski definition) is 2. The topological polar surface area (TPSA) is 52.1 Å². The highest BCUT2D eigenvalue weighted by molar-refractivity contribution is 5.80. The highest BCUT2D eigenvalue weighted by Gasteiger charge is 2.26. The van der Waals surface area contributed by atoms with Gasteiger partial charge >= 0.3 is 6.61 Å². The largest absolute Gasteiger partial charge is 0.433 e. The molecule has 6 nitrogen and oxygen atoms in total. The Morgan fingerprint density at radius 2 is 2.03 bits per heavy atom. The normalized spacial score (nSPS) is 23.1. The molecule has 1 aromatic carbocycles. The van der Waals surface area contributed by atoms with Crippen molar-refractivity contribution in [2.24, 2.45) is 10.9 Å². The Labute approximate surface area is 172 Å². The number of nitrogens with zero attached hydrogens (tertiary/aromatic N) is 3. The van der Waals surface area contributed by atoms with E-state index in [2.05, 4.69) is 34.3 Å². The van der Waals surface area contributed by atoms with Crippen LogP contribution in [0.15, 0.2) is 29.3 Å². The summed E-state index contributed by atoms with van der Waals surface area (Å²) in [6, 6.07) is 7.20. The van der Waals surface area contributed by atoms with Crippen LogP contribution in [0, 0.1) is 5.92 Å². The fourth-order valence-corrected chi connectivity index (χ4v) is 4.09. The Balaban J connectivity index is 1.56. The van der Waals surface area contributed by atoms with Crippen LogP contribution < -0.4 is 20.3 Å². The Hall–Kier alpha value is -2.09. The number of hydrogen-bond acceptors (Lipinski definition) is 4. The number of rotatable bonds is 8. The van der Waals surface area contributed by atoms with Gasteiger partial charge in [0.15, 0.2) is 5.96 Å². The van der Waals surface area contributed by atoms with Crippen LogP contribution in [0.1, 0.15) is 26.7 Å². The van der Waals surface area contributed by atoms with Gasteiger partial charge in [0.25, 0.3) is 0 Å². The van der Waals surface area contributed by atoms with Crippen LogP contribution in [0.4, 0.5) is 14.5 Å². The first kappa shape index (κ1) is 21.6. The van der Waals surface area contributed by atoms with Crippen LogP contribution in [-0.2, 0) is 0 Å². The summed E-state index contributed by atoms with van der Waals surface area (Å²) in [5.74, 6) is 1.68. The van der Waals surface area contributed by atoms with Gasteiger partial charge in [-0.2, -0.15) is 8.78 Å². The van der Waals surface area contributed by atoms with Gasteiger partial charge in [-0.1, -0.05) is 19.1 Å². The molecule has 29 heavy (non-hydrogen) atoms. The van der Waals surface area contributed by atoms with Gasteiger partial charge in [-0.05, 0) is 50.9 Å². The summed E-state index contributed by atoms with van der Waals surface area (Å²) in [5, 5.41) is 6.85. The highest BCUT2D eigenvalue weighted by atomic mass is 19.3. The van der Waals surface area contributed by atoms with Crippen molar-refractivity contribution < 1.29 is 13.5 Å². The third kappa shape index (κ3) is 6.19. The van der Waals surface area contributed by atoms with Crippen molar-refractivity contribution in [3.63, 3.8) is 0 Å². The summed E-state index contributed by atoms with van der Waals surface area (Å²) in [5.41, 5.74) is 0.713. The van der Waals surface area contributed by atoms with Gasteiger partial charge < -0.3 is 25.2 Å². The monoisotopic (exact) mass is 409 g/mol. The van der Waals surface area contributed by atoms with Crippen molar-refractivity contribution >= 4 is 11.6 Å². The van der Waals surface area contributed by atoms with E-state index >= 15 is 0 Å². The lowest BCUT2D eigenvalue weighted by molar-refractivity contribution is -0.0495. The van der Waals surface area contributed by atoms with E-state index in [1.807, 2.05) is 12.1 Å². The van der Waals surface area contributed by atoms with Gasteiger partial charge in [-0.15, -0.1) is 0 Å². The number of nitrogens with one attached hydrogen (secondary N) is 2. The molecule has 2 aliphatic rings. The average Bonchev–Trinajstić information content (AvgIpc) is 3.35. The molecule has 0 radical (unpaired) electrons. The molecule has 0 aliphatic carbocycles. The lowest BCUT2D eigenvalue weighted by Gasteiger charge is -2.22. The molecule has 0 spiro atoms. The van der Waals surface area contributed by atoms with Crippen molar-refractivity contribution in [1.29, 1.82) is 0 Å². The molecule has 2 N–H and O–H groups in total. The summed E-state index contributed by atoms with van der Waals surface area (Å²) >= 11 is 0. The quantitative estimate of drug-likeness (QED) is 0.511. The molecule has 2 heterocycles. The fourth-order valence-electron chi connectivity index (χ4n) is 4.09. The second-order valence-electron chi connectivity index (χ2n) is 7.69. The number of aliphatic imine (C=N–C) groups is 1. The van der Waals surface area contributed by atoms with Crippen molar-refractivity contribution in [2.45, 2.75) is 39.3 Å². The van der Waals surface area contributed by atoms with Crippen LogP contribution in [0.2, 0.25) is 0 Å². The number of ether oxygens (including phenoxy) is 1. The van der Waals surface area contributed by atoms with Gasteiger partial charge in [0.05, 0.1) is 5.69 Å². The van der Waals surface area contributed by atoms with Crippen LogP contribution in [0.5, 0.6) is 5.75 Å². The molecular formula is C21H33F2N5O. The zero-order valence-electron chi connectivity index (χ0n) is 17.4. The van der Waals surface area contributed by atoms with Crippen molar-refractivity contribution in [1.82, 2.24) is 15.5 Å². The molecule has 2 unspecified atom stereocenters. The summed E-state index contributed by atoms with van der Waals surface area (Å²) in [7, 11) is 0. The molecule has 162 valence electrons. The van der Waals surface area contributed by atoms with Crippen molar-refractivity contribution in [3.05, 3.63) is 24.3 Å². The number of guanidine groups is 1. The molecule has 0 bridgehead atoms. The number of para-hydroxylation sites is 2. The van der Waals surface area contributed by atoms with Gasteiger partial charge in [0, 0.05) is 38.8 Å². The lowest BCUT2D eigenvalue weighted by atomic mass is 10.1. The third-order valence-corrected chi connectivity index (χ3v) is 5.62. The maximum atomic E-state index is 12.7. The summed E-state index contributed by atoms with van der Waals surface area (Å²) < 4.78 is 30.1. The summed E-state index contributed by atoms with van der Waals surface area (Å²) in [6.45, 7) is 7.98. The Morgan fingerprint density at radius 3 is 2.76 bits per heavy atom. The lowest BCUT2D eigenvalue weighted by Crippen LogP contribution is -2.45. The van der Waals surface area contributed by atoms with E-state index in [-0.39, 0.29) is 11.8 Å². The first-order chi connectivity index (χ1) is 14.1. The molecule has 1 aromatic rings. The smallest absolute Gasteiger partial charge is 0.387 e. The number of likely N-dealkylation sites (tertiary alicyclic amines) is 1. The molecule has 0 amide bonds. The molecular weight excluding hydrogens is 376 g/mol. The predicted molar refractivity (Wildman–Crippen MR) is 113 cm³/mol. The van der Waals surface area contributed by atoms with Crippen LogP contribution in [0.25, 0.3) is 0 Å². The highest BCUT2D eigenvalue weighted by Crippen LogP contribution is 2.31. The van der Waals surface area contributed by atoms with E-state index in [9.17, 15) is 8.78 Å². The molecule has 2 atom stereocenters. The molecule has 2 saturated heterocycles. The van der Waals surface area contributed by atoms with Gasteiger partial charge in [0.2, 0.25) is 0 Å². The molecule has 3 rings (SSSR count). The van der Waals surface area contributed by atoms with Crippen molar-refractivity contribution in [2.75, 3.05) is 50.7 Å². The predicted octanol–water partition coefficient (Wildman–Crippen LogP) is 2.76. The maximum absolute atomic E-state index is 12.7. The number of alkyl halides is 2. The standard InChI is InChI=1S/C21H33F2N5O/c1-3-24-21(25-13-16-9-11-27(4-2)14-16)26-17-10-12-28(15-17)18-7-5-6-8-19(18)29-20(22)23/h5-8,16-17,20H,3-4,9-15H2,1-2H3,(H2,24,25,26). The molecule has 0 aromatic heterocycles. The van der Waals surface area contributed by atoms with Gasteiger partial charge in [-0.3, -0.25) is 4.99 Å². The maximum Gasteiger partial charge on any atom is 0.387 e. The Kier molecular flexibility index (Phi) is 7.91. The molecule has 0 saturated carbocycles. The third-order valence-electron chi connectivity index (χ3n) is 5.62. The van der Waals surface area contributed by atoms with Crippen molar-refractivity contribution in [3.8, 4) is 5.75 Å². The Morgan fingerprint density at radius 1 is 1.21 bits per heavy atom. The minimum atomic E-state index is -2.82. The molecule has 2 fully saturated rings. The van der Waals surface area contributed by atoms with E-state index < -0.39 is 6.61 Å². The zero-order chi connectivity index (χ0) is 20.6. The van der Waals surface area contributed by atoms with Crippen LogP contribution in [-0.4, -0.2) is 69.3 Å². The Bertz CT molecular complexity index is 672. The fraction of sp³-hybridized carbons (Fsp3) is 0.667. The minimum absolute atomic E-state index is 0.211. The van der Waals surface area contributed by atoms with E-state index in [4.69, 9.17) is 9.73 Å². The van der Waals surface area contributed by atoms with E-state index in [0.29, 0.717) is 11.6 Å². The number of benzene rings is 1. The number of halogens is 2. The first-order valence-electron chi connectivity index (χ1n) is 10.6. The summed E-state index contributed by atoms with van der Waals surface area (Å²) in [6.07, 6.45) is 2.12. The zero-order valence-corrected chi connectivity index (χ0v) is 17.4. The second-order valence-corrected chi connectivity index (χ2v) is 7.69. The number of anilines is 1. The summed E-state index contributed by atoms with van der Waals surface area (Å²) in [4.78, 5) is 9.37.